The summed E-state index contributed by atoms with van der Waals surface area (Å²) in [6.07, 6.45) is 8.66. The number of cyclic esters (lactones) is 1. The van der Waals surface area contributed by atoms with Crippen molar-refractivity contribution in [1.29, 1.82) is 0 Å². The van der Waals surface area contributed by atoms with Crippen molar-refractivity contribution in [1.82, 2.24) is 35.0 Å². The van der Waals surface area contributed by atoms with E-state index >= 15 is 0 Å². The first-order valence-electron chi connectivity index (χ1n) is 21.7. The zero-order chi connectivity index (χ0) is 42.0. The van der Waals surface area contributed by atoms with Crippen LogP contribution in [-0.4, -0.2) is 113 Å². The van der Waals surface area contributed by atoms with Gasteiger partial charge in [-0.1, -0.05) is 18.2 Å². The summed E-state index contributed by atoms with van der Waals surface area (Å²) in [6, 6.07) is 12.3. The van der Waals surface area contributed by atoms with Gasteiger partial charge >= 0.3 is 11.8 Å². The van der Waals surface area contributed by atoms with Gasteiger partial charge in [0.2, 0.25) is 23.7 Å². The van der Waals surface area contributed by atoms with Gasteiger partial charge in [0.05, 0.1) is 24.8 Å². The fourth-order valence-electron chi connectivity index (χ4n) is 9.80. The van der Waals surface area contributed by atoms with Crippen LogP contribution in [-0.2, 0) is 19.1 Å². The zero-order valence-corrected chi connectivity index (χ0v) is 34.2. The maximum atomic E-state index is 14.9. The standard InChI is InChI=1S/C44H52FN9O7/c45-34-24-46-42(50-40(34)30-2-1-3-33(22-30)53-20-21-60-43(53)58)48-32-7-5-31(6-8-32)47-39(56)26-52-16-12-27(13-17-52)25-51-18-14-28(15-19-51)29-4-9-35-37(23-29)61-44(59)54(35)36-10-11-38(55)49-41(36)57/h1-4,9,22-24,27-28,31-32,36H,5-8,10-21,25-26H2,(H,47,56)(H,46,48,50)(H,49,55,57)/t31-,32-,36?. The number of hydrogen-bond acceptors (Lipinski definition) is 12. The summed E-state index contributed by atoms with van der Waals surface area (Å²) >= 11 is 0. The van der Waals surface area contributed by atoms with Crippen LogP contribution in [0, 0.1) is 11.7 Å². The molecule has 4 amide bonds. The third kappa shape index (κ3) is 9.17. The Morgan fingerprint density at radius 1 is 0.869 bits per heavy atom. The Morgan fingerprint density at radius 3 is 2.39 bits per heavy atom. The van der Waals surface area contributed by atoms with Gasteiger partial charge in [-0.25, -0.2) is 23.9 Å². The molecule has 2 aromatic heterocycles. The lowest BCUT2D eigenvalue weighted by molar-refractivity contribution is -0.135. The van der Waals surface area contributed by atoms with Crippen LogP contribution in [0.15, 0.2) is 57.9 Å². The second-order valence-electron chi connectivity index (χ2n) is 17.2. The summed E-state index contributed by atoms with van der Waals surface area (Å²) < 4.78 is 26.9. The molecule has 0 radical (unpaired) electrons. The summed E-state index contributed by atoms with van der Waals surface area (Å²) in [5.41, 5.74) is 3.50. The number of imide groups is 1. The molecular weight excluding hydrogens is 786 g/mol. The van der Waals surface area contributed by atoms with E-state index in [0.717, 1.165) is 89.7 Å². The largest absolute Gasteiger partial charge is 0.447 e. The third-order valence-electron chi connectivity index (χ3n) is 13.2. The molecule has 322 valence electrons. The van der Waals surface area contributed by atoms with E-state index in [-0.39, 0.29) is 42.4 Å². The van der Waals surface area contributed by atoms with Crippen molar-refractivity contribution in [2.75, 3.05) is 62.6 Å². The van der Waals surface area contributed by atoms with Crippen LogP contribution < -0.4 is 26.6 Å². The van der Waals surface area contributed by atoms with E-state index in [0.29, 0.717) is 59.8 Å². The highest BCUT2D eigenvalue weighted by Crippen LogP contribution is 2.33. The number of benzene rings is 2. The van der Waals surface area contributed by atoms with E-state index in [1.54, 1.807) is 24.3 Å². The predicted molar refractivity (Wildman–Crippen MR) is 223 cm³/mol. The van der Waals surface area contributed by atoms with Crippen LogP contribution in [0.25, 0.3) is 22.4 Å². The van der Waals surface area contributed by atoms with Gasteiger partial charge in [0.1, 0.15) is 18.3 Å². The first-order chi connectivity index (χ1) is 29.6. The van der Waals surface area contributed by atoms with Crippen LogP contribution in [0.3, 0.4) is 0 Å². The van der Waals surface area contributed by atoms with Crippen LogP contribution in [0.2, 0.25) is 0 Å². The van der Waals surface area contributed by atoms with Crippen LogP contribution in [0.5, 0.6) is 0 Å². The highest BCUT2D eigenvalue weighted by atomic mass is 19.1. The minimum Gasteiger partial charge on any atom is -0.447 e. The number of likely N-dealkylation sites (tertiary alicyclic amines) is 2. The Balaban J connectivity index is 0.681. The Morgan fingerprint density at radius 2 is 1.64 bits per heavy atom. The zero-order valence-electron chi connectivity index (χ0n) is 34.2. The Bertz CT molecular complexity index is 2340. The number of aromatic nitrogens is 3. The van der Waals surface area contributed by atoms with Gasteiger partial charge in [-0.2, -0.15) is 0 Å². The van der Waals surface area contributed by atoms with Gasteiger partial charge in [-0.05, 0) is 126 Å². The summed E-state index contributed by atoms with van der Waals surface area (Å²) in [7, 11) is 0. The van der Waals surface area contributed by atoms with E-state index in [1.165, 1.54) is 15.7 Å². The van der Waals surface area contributed by atoms with E-state index in [1.807, 2.05) is 18.2 Å². The number of amides is 4. The lowest BCUT2D eigenvalue weighted by Crippen LogP contribution is -2.47. The molecule has 1 aliphatic carbocycles. The molecule has 6 heterocycles. The lowest BCUT2D eigenvalue weighted by Gasteiger charge is -2.38. The van der Waals surface area contributed by atoms with Crippen LogP contribution >= 0.6 is 0 Å². The number of piperidine rings is 3. The number of hydrogen-bond donors (Lipinski definition) is 3. The number of halogens is 1. The number of carbonyl (C=O) groups is 4. The van der Waals surface area contributed by atoms with Crippen molar-refractivity contribution in [2.45, 2.75) is 88.3 Å². The monoisotopic (exact) mass is 837 g/mol. The number of fused-ring (bicyclic) bond motifs is 1. The molecule has 4 aliphatic heterocycles. The minimum atomic E-state index is -0.753. The van der Waals surface area contributed by atoms with Crippen molar-refractivity contribution in [3.63, 3.8) is 0 Å². The van der Waals surface area contributed by atoms with E-state index < -0.39 is 29.6 Å². The molecule has 5 aliphatic rings. The Kier molecular flexibility index (Phi) is 11.8. The molecular formula is C44H52FN9O7. The average Bonchev–Trinajstić information content (AvgIpc) is 3.84. The molecule has 16 nitrogen and oxygen atoms in total. The Hall–Kier alpha value is -5.68. The number of nitrogens with one attached hydrogen (secondary N) is 3. The van der Waals surface area contributed by atoms with E-state index in [4.69, 9.17) is 9.15 Å². The minimum absolute atomic E-state index is 0.0675. The SMILES string of the molecule is O=C1CCC(n2c(=O)oc3cc(C4CCN(CC5CCN(CC(=O)N[C@H]6CC[C@H](Nc7ncc(F)c(-c8cccc(N9CCOC9=O)c8)n7)CC6)CC5)CC4)ccc32)C(=O)N1. The van der Waals surface area contributed by atoms with Gasteiger partial charge in [0.25, 0.3) is 0 Å². The fourth-order valence-corrected chi connectivity index (χ4v) is 9.80. The number of rotatable bonds is 11. The van der Waals surface area contributed by atoms with Gasteiger partial charge in [-0.3, -0.25) is 34.1 Å². The van der Waals surface area contributed by atoms with Crippen molar-refractivity contribution < 1.29 is 32.7 Å². The molecule has 2 aromatic carbocycles. The molecule has 1 atom stereocenters. The van der Waals surface area contributed by atoms with Crippen molar-refractivity contribution in [3.8, 4) is 11.3 Å². The molecule has 17 heteroatoms. The highest BCUT2D eigenvalue weighted by Gasteiger charge is 2.33. The van der Waals surface area contributed by atoms with Gasteiger partial charge in [0, 0.05) is 36.3 Å². The summed E-state index contributed by atoms with van der Waals surface area (Å²) in [5.74, 6) is -0.564. The first kappa shape index (κ1) is 40.7. The van der Waals surface area contributed by atoms with E-state index in [2.05, 4.69) is 35.7 Å². The molecule has 61 heavy (non-hydrogen) atoms. The molecule has 1 unspecified atom stereocenters. The number of anilines is 2. The number of nitrogens with zero attached hydrogens (tertiary/aromatic N) is 6. The Labute approximate surface area is 352 Å². The molecule has 3 N–H and O–H groups in total. The quantitative estimate of drug-likeness (QED) is 0.180. The first-order valence-corrected chi connectivity index (χ1v) is 21.7. The van der Waals surface area contributed by atoms with Gasteiger partial charge < -0.3 is 24.7 Å². The smallest absolute Gasteiger partial charge is 0.420 e. The van der Waals surface area contributed by atoms with Crippen molar-refractivity contribution >= 4 is 46.6 Å². The number of oxazole rings is 1. The van der Waals surface area contributed by atoms with Crippen LogP contribution in [0.1, 0.15) is 81.7 Å². The molecule has 0 bridgehead atoms. The van der Waals surface area contributed by atoms with Gasteiger partial charge in [-0.15, -0.1) is 0 Å². The fraction of sp³-hybridized carbons (Fsp3) is 0.523. The molecule has 1 saturated carbocycles. The third-order valence-corrected chi connectivity index (χ3v) is 13.2. The van der Waals surface area contributed by atoms with Gasteiger partial charge in [0.15, 0.2) is 11.4 Å². The summed E-state index contributed by atoms with van der Waals surface area (Å²) in [5, 5.41) is 8.96. The predicted octanol–water partition coefficient (Wildman–Crippen LogP) is 4.56. The molecule has 4 saturated heterocycles. The van der Waals surface area contributed by atoms with Crippen molar-refractivity contribution in [3.05, 3.63) is 70.6 Å². The summed E-state index contributed by atoms with van der Waals surface area (Å²) in [6.45, 7) is 6.02. The summed E-state index contributed by atoms with van der Waals surface area (Å²) in [4.78, 5) is 77.0. The van der Waals surface area contributed by atoms with Crippen LogP contribution in [0.4, 0.5) is 20.8 Å². The number of ether oxygens (including phenoxy) is 1. The lowest BCUT2D eigenvalue weighted by atomic mass is 9.88. The highest BCUT2D eigenvalue weighted by molar-refractivity contribution is 6.00. The second kappa shape index (κ2) is 17.7. The van der Waals surface area contributed by atoms with E-state index in [9.17, 15) is 28.4 Å². The maximum absolute atomic E-state index is 14.9. The normalized spacial score (nSPS) is 23.6. The topological polar surface area (TPSA) is 184 Å². The maximum Gasteiger partial charge on any atom is 0.420 e. The van der Waals surface area contributed by atoms with Crippen molar-refractivity contribution in [2.24, 2.45) is 5.92 Å². The second-order valence-corrected chi connectivity index (χ2v) is 17.2. The molecule has 9 rings (SSSR count). The molecule has 5 fully saturated rings. The molecule has 0 spiro atoms. The molecule has 4 aromatic rings. The number of carbonyl (C=O) groups excluding carboxylic acids is 4. The average molecular weight is 838 g/mol.